The Hall–Kier alpha value is -2.30. The number of carboxylic acids is 1. The molecule has 0 saturated carbocycles. The van der Waals surface area contributed by atoms with E-state index in [1.807, 2.05) is 35.8 Å². The zero-order chi connectivity index (χ0) is 13.8. The lowest BCUT2D eigenvalue weighted by Crippen LogP contribution is -2.09. The van der Waals surface area contributed by atoms with Gasteiger partial charge in [0.2, 0.25) is 0 Å². The standard InChI is InChI=1S/C14H16N2O3/c1-10-13(7-14(17)18)16(9-15-10)8-11-3-5-12(19-2)6-4-11/h3-6,9H,7-8H2,1-2H3,(H,17,18). The van der Waals surface area contributed by atoms with Gasteiger partial charge < -0.3 is 14.4 Å². The summed E-state index contributed by atoms with van der Waals surface area (Å²) in [7, 11) is 1.62. The molecule has 0 saturated heterocycles. The first-order chi connectivity index (χ1) is 9.10. The highest BCUT2D eigenvalue weighted by atomic mass is 16.5. The molecule has 0 aliphatic rings. The molecule has 0 atom stereocenters. The van der Waals surface area contributed by atoms with Crippen molar-refractivity contribution in [2.45, 2.75) is 19.9 Å². The number of methoxy groups -OCH3 is 1. The van der Waals surface area contributed by atoms with Crippen molar-refractivity contribution in [3.8, 4) is 5.75 Å². The Bertz CT molecular complexity index is 573. The lowest BCUT2D eigenvalue weighted by Gasteiger charge is -2.08. The van der Waals surface area contributed by atoms with Crippen LogP contribution in [0.25, 0.3) is 0 Å². The van der Waals surface area contributed by atoms with E-state index in [0.29, 0.717) is 6.54 Å². The van der Waals surface area contributed by atoms with Gasteiger partial charge in [-0.15, -0.1) is 0 Å². The van der Waals surface area contributed by atoms with Crippen LogP contribution in [-0.4, -0.2) is 27.7 Å². The van der Waals surface area contributed by atoms with Crippen molar-refractivity contribution in [2.24, 2.45) is 0 Å². The number of carbonyl (C=O) groups is 1. The molecular weight excluding hydrogens is 244 g/mol. The summed E-state index contributed by atoms with van der Waals surface area (Å²) in [4.78, 5) is 15.0. The number of benzene rings is 1. The maximum absolute atomic E-state index is 10.8. The Kier molecular flexibility index (Phi) is 3.85. The Labute approximate surface area is 111 Å². The highest BCUT2D eigenvalue weighted by Crippen LogP contribution is 2.15. The number of nitrogens with zero attached hydrogens (tertiary/aromatic N) is 2. The van der Waals surface area contributed by atoms with Crippen LogP contribution in [0.3, 0.4) is 0 Å². The van der Waals surface area contributed by atoms with Crippen LogP contribution in [0.1, 0.15) is 17.0 Å². The predicted molar refractivity (Wildman–Crippen MR) is 70.4 cm³/mol. The van der Waals surface area contributed by atoms with Gasteiger partial charge in [0.15, 0.2) is 0 Å². The van der Waals surface area contributed by atoms with Crippen LogP contribution >= 0.6 is 0 Å². The number of aliphatic carboxylic acids is 1. The van der Waals surface area contributed by atoms with E-state index in [9.17, 15) is 4.79 Å². The van der Waals surface area contributed by atoms with Crippen molar-refractivity contribution in [1.29, 1.82) is 0 Å². The Balaban J connectivity index is 2.20. The normalized spacial score (nSPS) is 10.4. The molecule has 2 rings (SSSR count). The van der Waals surface area contributed by atoms with Crippen LogP contribution in [0, 0.1) is 6.92 Å². The minimum atomic E-state index is -0.848. The third kappa shape index (κ3) is 3.13. The highest BCUT2D eigenvalue weighted by molar-refractivity contribution is 5.69. The number of aryl methyl sites for hydroxylation is 1. The average molecular weight is 260 g/mol. The van der Waals surface area contributed by atoms with Crippen LogP contribution < -0.4 is 4.74 Å². The second kappa shape index (κ2) is 5.56. The van der Waals surface area contributed by atoms with Crippen LogP contribution in [0.4, 0.5) is 0 Å². The van der Waals surface area contributed by atoms with Gasteiger partial charge in [0, 0.05) is 6.54 Å². The summed E-state index contributed by atoms with van der Waals surface area (Å²) < 4.78 is 6.97. The van der Waals surface area contributed by atoms with E-state index in [0.717, 1.165) is 22.7 Å². The number of carboxylic acid groups (broad SMARTS) is 1. The molecule has 0 unspecified atom stereocenters. The van der Waals surface area contributed by atoms with Crippen LogP contribution in [0.15, 0.2) is 30.6 Å². The summed E-state index contributed by atoms with van der Waals surface area (Å²) in [5, 5.41) is 8.91. The molecular formula is C14H16N2O3. The summed E-state index contributed by atoms with van der Waals surface area (Å²) in [6, 6.07) is 7.68. The molecule has 2 aromatic rings. The maximum Gasteiger partial charge on any atom is 0.309 e. The van der Waals surface area contributed by atoms with Gasteiger partial charge >= 0.3 is 5.97 Å². The summed E-state index contributed by atoms with van der Waals surface area (Å²) in [5.74, 6) is -0.0455. The molecule has 1 aromatic heterocycles. The lowest BCUT2D eigenvalue weighted by molar-refractivity contribution is -0.136. The van der Waals surface area contributed by atoms with Gasteiger partial charge in [0.05, 0.1) is 31.2 Å². The van der Waals surface area contributed by atoms with E-state index in [1.54, 1.807) is 13.4 Å². The Morgan fingerprint density at radius 1 is 1.37 bits per heavy atom. The van der Waals surface area contributed by atoms with E-state index < -0.39 is 5.97 Å². The molecule has 0 fully saturated rings. The molecule has 1 aromatic carbocycles. The number of aromatic nitrogens is 2. The number of hydrogen-bond acceptors (Lipinski definition) is 3. The summed E-state index contributed by atoms with van der Waals surface area (Å²) in [6.07, 6.45) is 1.67. The molecule has 0 aliphatic carbocycles. The van der Waals surface area contributed by atoms with Crippen molar-refractivity contribution >= 4 is 5.97 Å². The van der Waals surface area contributed by atoms with Gasteiger partial charge in [0.1, 0.15) is 5.75 Å². The molecule has 1 N–H and O–H groups in total. The molecule has 19 heavy (non-hydrogen) atoms. The first-order valence-electron chi connectivity index (χ1n) is 5.95. The molecule has 0 bridgehead atoms. The van der Waals surface area contributed by atoms with Crippen LogP contribution in [0.5, 0.6) is 5.75 Å². The molecule has 1 heterocycles. The third-order valence-electron chi connectivity index (χ3n) is 2.99. The fraction of sp³-hybridized carbons (Fsp3) is 0.286. The lowest BCUT2D eigenvalue weighted by atomic mass is 10.2. The second-order valence-corrected chi connectivity index (χ2v) is 4.32. The number of rotatable bonds is 5. The topological polar surface area (TPSA) is 64.4 Å². The second-order valence-electron chi connectivity index (χ2n) is 4.32. The van der Waals surface area contributed by atoms with E-state index in [4.69, 9.17) is 9.84 Å². The number of ether oxygens (including phenoxy) is 1. The fourth-order valence-corrected chi connectivity index (χ4v) is 1.94. The summed E-state index contributed by atoms with van der Waals surface area (Å²) in [5.41, 5.74) is 2.57. The van der Waals surface area contributed by atoms with Crippen molar-refractivity contribution < 1.29 is 14.6 Å². The molecule has 0 aliphatic heterocycles. The average Bonchev–Trinajstić information content (AvgIpc) is 2.72. The molecule has 100 valence electrons. The molecule has 5 heteroatoms. The van der Waals surface area contributed by atoms with Gasteiger partial charge in [0.25, 0.3) is 0 Å². The van der Waals surface area contributed by atoms with Crippen molar-refractivity contribution in [3.63, 3.8) is 0 Å². The zero-order valence-corrected chi connectivity index (χ0v) is 11.0. The van der Waals surface area contributed by atoms with Crippen molar-refractivity contribution in [1.82, 2.24) is 9.55 Å². The van der Waals surface area contributed by atoms with Gasteiger partial charge in [-0.25, -0.2) is 4.98 Å². The van der Waals surface area contributed by atoms with E-state index in [2.05, 4.69) is 4.98 Å². The van der Waals surface area contributed by atoms with E-state index >= 15 is 0 Å². The zero-order valence-electron chi connectivity index (χ0n) is 11.0. The first-order valence-corrected chi connectivity index (χ1v) is 5.95. The number of hydrogen-bond donors (Lipinski definition) is 1. The van der Waals surface area contributed by atoms with Crippen molar-refractivity contribution in [3.05, 3.63) is 47.5 Å². The SMILES string of the molecule is COc1ccc(Cn2cnc(C)c2CC(=O)O)cc1. The van der Waals surface area contributed by atoms with Crippen LogP contribution in [-0.2, 0) is 17.8 Å². The summed E-state index contributed by atoms with van der Waals surface area (Å²) in [6.45, 7) is 2.43. The largest absolute Gasteiger partial charge is 0.497 e. The smallest absolute Gasteiger partial charge is 0.309 e. The molecule has 5 nitrogen and oxygen atoms in total. The summed E-state index contributed by atoms with van der Waals surface area (Å²) >= 11 is 0. The van der Waals surface area contributed by atoms with Gasteiger partial charge in [-0.3, -0.25) is 4.79 Å². The van der Waals surface area contributed by atoms with Crippen LogP contribution in [0.2, 0.25) is 0 Å². The monoisotopic (exact) mass is 260 g/mol. The molecule has 0 radical (unpaired) electrons. The minimum Gasteiger partial charge on any atom is -0.497 e. The van der Waals surface area contributed by atoms with Gasteiger partial charge in [-0.05, 0) is 24.6 Å². The fourth-order valence-electron chi connectivity index (χ4n) is 1.94. The van der Waals surface area contributed by atoms with E-state index in [-0.39, 0.29) is 6.42 Å². The molecule has 0 amide bonds. The van der Waals surface area contributed by atoms with Gasteiger partial charge in [-0.2, -0.15) is 0 Å². The van der Waals surface area contributed by atoms with Gasteiger partial charge in [-0.1, -0.05) is 12.1 Å². The number of imidazole rings is 1. The van der Waals surface area contributed by atoms with E-state index in [1.165, 1.54) is 0 Å². The minimum absolute atomic E-state index is 0.0119. The predicted octanol–water partition coefficient (Wildman–Crippen LogP) is 1.88. The third-order valence-corrected chi connectivity index (χ3v) is 2.99. The highest BCUT2D eigenvalue weighted by Gasteiger charge is 2.11. The Morgan fingerprint density at radius 2 is 2.05 bits per heavy atom. The molecule has 0 spiro atoms. The first kappa shape index (κ1) is 13.1. The van der Waals surface area contributed by atoms with Crippen molar-refractivity contribution in [2.75, 3.05) is 7.11 Å². The quantitative estimate of drug-likeness (QED) is 0.891. The Morgan fingerprint density at radius 3 is 2.63 bits per heavy atom. The maximum atomic E-state index is 10.8.